The van der Waals surface area contributed by atoms with Crippen molar-refractivity contribution in [3.63, 3.8) is 0 Å². The second-order valence-electron chi connectivity index (χ2n) is 7.80. The molecule has 0 aliphatic rings. The highest BCUT2D eigenvalue weighted by Crippen LogP contribution is 2.23. The number of ether oxygens (including phenoxy) is 1. The van der Waals surface area contributed by atoms with Crippen molar-refractivity contribution in [3.05, 3.63) is 89.0 Å². The third kappa shape index (κ3) is 6.35. The molecule has 0 spiro atoms. The average molecular weight is 467 g/mol. The van der Waals surface area contributed by atoms with Crippen molar-refractivity contribution in [1.82, 2.24) is 5.32 Å². The van der Waals surface area contributed by atoms with Gasteiger partial charge in [0.05, 0.1) is 17.2 Å². The molecule has 0 saturated carbocycles. The largest absolute Gasteiger partial charge is 0.494 e. The van der Waals surface area contributed by atoms with Crippen LogP contribution in [-0.2, 0) is 16.4 Å². The zero-order valence-electron chi connectivity index (χ0n) is 19.2. The van der Waals surface area contributed by atoms with Crippen LogP contribution in [0.3, 0.4) is 0 Å². The minimum Gasteiger partial charge on any atom is -0.494 e. The standard InChI is InChI=1S/C26H30N2O4S/c1-4-32-25-13-6-5-9-21(25)10-8-18-27-26(29)23-11-7-12-24(20(23)3)28-33(30,31)22-16-14-19(2)15-17-22/h5-7,9,11-17,28H,4,8,10,18H2,1-3H3,(H,27,29). The Morgan fingerprint density at radius 2 is 1.67 bits per heavy atom. The lowest BCUT2D eigenvalue weighted by atomic mass is 10.1. The zero-order valence-corrected chi connectivity index (χ0v) is 20.0. The molecule has 0 atom stereocenters. The Labute approximate surface area is 196 Å². The van der Waals surface area contributed by atoms with E-state index < -0.39 is 10.0 Å². The predicted molar refractivity (Wildman–Crippen MR) is 131 cm³/mol. The maximum absolute atomic E-state index is 12.8. The van der Waals surface area contributed by atoms with Gasteiger partial charge >= 0.3 is 0 Å². The summed E-state index contributed by atoms with van der Waals surface area (Å²) < 4.78 is 33.7. The molecule has 6 nitrogen and oxygen atoms in total. The minimum absolute atomic E-state index is 0.176. The first-order valence-corrected chi connectivity index (χ1v) is 12.5. The van der Waals surface area contributed by atoms with Crippen LogP contribution in [0, 0.1) is 13.8 Å². The van der Waals surface area contributed by atoms with Gasteiger partial charge in [0.2, 0.25) is 0 Å². The molecule has 0 unspecified atom stereocenters. The summed E-state index contributed by atoms with van der Waals surface area (Å²) >= 11 is 0. The van der Waals surface area contributed by atoms with E-state index in [4.69, 9.17) is 4.74 Å². The summed E-state index contributed by atoms with van der Waals surface area (Å²) in [5.74, 6) is 0.637. The quantitative estimate of drug-likeness (QED) is 0.418. The highest BCUT2D eigenvalue weighted by Gasteiger charge is 2.18. The summed E-state index contributed by atoms with van der Waals surface area (Å²) in [6.45, 7) is 6.69. The second-order valence-corrected chi connectivity index (χ2v) is 9.48. The van der Waals surface area contributed by atoms with E-state index in [2.05, 4.69) is 10.0 Å². The molecule has 7 heteroatoms. The SMILES string of the molecule is CCOc1ccccc1CCCNC(=O)c1cccc(NS(=O)(=O)c2ccc(C)cc2)c1C. The molecule has 1 amide bonds. The molecule has 174 valence electrons. The molecule has 0 bridgehead atoms. The summed E-state index contributed by atoms with van der Waals surface area (Å²) in [5, 5.41) is 2.93. The fourth-order valence-electron chi connectivity index (χ4n) is 3.50. The summed E-state index contributed by atoms with van der Waals surface area (Å²) in [6, 6.07) is 19.5. The molecule has 33 heavy (non-hydrogen) atoms. The molecular weight excluding hydrogens is 436 g/mol. The van der Waals surface area contributed by atoms with Crippen LogP contribution < -0.4 is 14.8 Å². The molecular formula is C26H30N2O4S. The zero-order chi connectivity index (χ0) is 23.8. The normalized spacial score (nSPS) is 11.1. The number of para-hydroxylation sites is 1. The summed E-state index contributed by atoms with van der Waals surface area (Å²) in [4.78, 5) is 12.9. The first-order valence-electron chi connectivity index (χ1n) is 11.0. The predicted octanol–water partition coefficient (Wildman–Crippen LogP) is 4.87. The van der Waals surface area contributed by atoms with Crippen LogP contribution in [0.15, 0.2) is 71.6 Å². The first-order chi connectivity index (χ1) is 15.8. The molecule has 0 fully saturated rings. The van der Waals surface area contributed by atoms with Crippen LogP contribution in [-0.4, -0.2) is 27.5 Å². The molecule has 0 heterocycles. The number of nitrogens with one attached hydrogen (secondary N) is 2. The van der Waals surface area contributed by atoms with Gasteiger partial charge in [0.1, 0.15) is 5.75 Å². The van der Waals surface area contributed by atoms with Gasteiger partial charge in [-0.05, 0) is 75.1 Å². The van der Waals surface area contributed by atoms with E-state index in [-0.39, 0.29) is 10.8 Å². The first kappa shape index (κ1) is 24.3. The van der Waals surface area contributed by atoms with Crippen molar-refractivity contribution in [3.8, 4) is 5.75 Å². The summed E-state index contributed by atoms with van der Waals surface area (Å²) in [7, 11) is -3.75. The van der Waals surface area contributed by atoms with Gasteiger partial charge in [0.25, 0.3) is 15.9 Å². The number of rotatable bonds is 10. The Bertz CT molecular complexity index is 1210. The Morgan fingerprint density at radius 3 is 2.39 bits per heavy atom. The molecule has 0 aliphatic carbocycles. The van der Waals surface area contributed by atoms with Gasteiger partial charge in [0.15, 0.2) is 0 Å². The molecule has 3 aromatic rings. The average Bonchev–Trinajstić information content (AvgIpc) is 2.79. The van der Waals surface area contributed by atoms with Crippen LogP contribution in [0.25, 0.3) is 0 Å². The third-order valence-electron chi connectivity index (χ3n) is 5.33. The van der Waals surface area contributed by atoms with Gasteiger partial charge in [-0.15, -0.1) is 0 Å². The van der Waals surface area contributed by atoms with Crippen molar-refractivity contribution < 1.29 is 17.9 Å². The summed E-state index contributed by atoms with van der Waals surface area (Å²) in [5.41, 5.74) is 3.48. The number of carbonyl (C=O) groups is 1. The van der Waals surface area contributed by atoms with Gasteiger partial charge in [-0.3, -0.25) is 9.52 Å². The number of hydrogen-bond acceptors (Lipinski definition) is 4. The smallest absolute Gasteiger partial charge is 0.261 e. The van der Waals surface area contributed by atoms with Gasteiger partial charge in [-0.25, -0.2) is 8.42 Å². The molecule has 2 N–H and O–H groups in total. The van der Waals surface area contributed by atoms with Gasteiger partial charge in [-0.1, -0.05) is 42.0 Å². The highest BCUT2D eigenvalue weighted by atomic mass is 32.2. The molecule has 3 rings (SSSR count). The number of hydrogen-bond donors (Lipinski definition) is 2. The van der Waals surface area contributed by atoms with E-state index in [0.29, 0.717) is 30.0 Å². The minimum atomic E-state index is -3.75. The lowest BCUT2D eigenvalue weighted by Gasteiger charge is -2.14. The van der Waals surface area contributed by atoms with Gasteiger partial charge in [-0.2, -0.15) is 0 Å². The molecule has 0 aliphatic heterocycles. The number of carbonyl (C=O) groups excluding carboxylic acids is 1. The van der Waals surface area contributed by atoms with Crippen molar-refractivity contribution in [2.24, 2.45) is 0 Å². The van der Waals surface area contributed by atoms with Crippen molar-refractivity contribution in [1.29, 1.82) is 0 Å². The topological polar surface area (TPSA) is 84.5 Å². The number of sulfonamides is 1. The number of anilines is 1. The summed E-state index contributed by atoms with van der Waals surface area (Å²) in [6.07, 6.45) is 1.54. The number of aryl methyl sites for hydroxylation is 2. The van der Waals surface area contributed by atoms with Crippen molar-refractivity contribution in [2.45, 2.75) is 38.5 Å². The van der Waals surface area contributed by atoms with Gasteiger partial charge in [0, 0.05) is 12.1 Å². The maximum Gasteiger partial charge on any atom is 0.261 e. The fourth-order valence-corrected chi connectivity index (χ4v) is 4.62. The number of benzene rings is 3. The third-order valence-corrected chi connectivity index (χ3v) is 6.72. The Kier molecular flexibility index (Phi) is 8.11. The van der Waals surface area contributed by atoms with E-state index in [1.807, 2.05) is 38.1 Å². The van der Waals surface area contributed by atoms with Gasteiger partial charge < -0.3 is 10.1 Å². The highest BCUT2D eigenvalue weighted by molar-refractivity contribution is 7.92. The fraction of sp³-hybridized carbons (Fsp3) is 0.269. The van der Waals surface area contributed by atoms with Crippen LogP contribution in [0.4, 0.5) is 5.69 Å². The second kappa shape index (κ2) is 11.0. The van der Waals surface area contributed by atoms with Crippen LogP contribution in [0.1, 0.15) is 40.4 Å². The van der Waals surface area contributed by atoms with E-state index in [1.165, 1.54) is 0 Å². The van der Waals surface area contributed by atoms with Crippen LogP contribution >= 0.6 is 0 Å². The van der Waals surface area contributed by atoms with Crippen LogP contribution in [0.5, 0.6) is 5.75 Å². The van der Waals surface area contributed by atoms with Crippen molar-refractivity contribution >= 4 is 21.6 Å². The van der Waals surface area contributed by atoms with E-state index in [1.54, 1.807) is 49.4 Å². The number of amides is 1. The van der Waals surface area contributed by atoms with Crippen LogP contribution in [0.2, 0.25) is 0 Å². The Balaban J connectivity index is 1.63. The molecule has 0 radical (unpaired) electrons. The molecule has 3 aromatic carbocycles. The lowest BCUT2D eigenvalue weighted by Crippen LogP contribution is -2.26. The maximum atomic E-state index is 12.8. The van der Waals surface area contributed by atoms with E-state index >= 15 is 0 Å². The Hall–Kier alpha value is -3.32. The Morgan fingerprint density at radius 1 is 0.939 bits per heavy atom. The lowest BCUT2D eigenvalue weighted by molar-refractivity contribution is 0.0952. The van der Waals surface area contributed by atoms with E-state index in [9.17, 15) is 13.2 Å². The monoisotopic (exact) mass is 466 g/mol. The molecule has 0 aromatic heterocycles. The van der Waals surface area contributed by atoms with Crippen molar-refractivity contribution in [2.75, 3.05) is 17.9 Å². The van der Waals surface area contributed by atoms with E-state index in [0.717, 1.165) is 29.7 Å². The molecule has 0 saturated heterocycles.